The number of hydrogen-bond acceptors (Lipinski definition) is 7. The van der Waals surface area contributed by atoms with Crippen LogP contribution in [-0.2, 0) is 14.9 Å². The van der Waals surface area contributed by atoms with E-state index in [0.717, 1.165) is 0 Å². The first kappa shape index (κ1) is 14.7. The van der Waals surface area contributed by atoms with Crippen molar-refractivity contribution in [1.29, 1.82) is 0 Å². The Morgan fingerprint density at radius 1 is 1.45 bits per heavy atom. The van der Waals surface area contributed by atoms with Crippen molar-refractivity contribution in [3.8, 4) is 5.88 Å². The molecule has 0 aliphatic carbocycles. The minimum Gasteiger partial charge on any atom is -0.493 e. The van der Waals surface area contributed by atoms with Gasteiger partial charge >= 0.3 is 0 Å². The van der Waals surface area contributed by atoms with Gasteiger partial charge < -0.3 is 10.4 Å². The van der Waals surface area contributed by atoms with Gasteiger partial charge in [-0.15, -0.1) is 11.3 Å². The summed E-state index contributed by atoms with van der Waals surface area (Å²) in [5.74, 6) is -0.0840. The minimum atomic E-state index is -3.71. The number of aromatic hydroxyl groups is 1. The van der Waals surface area contributed by atoms with Crippen molar-refractivity contribution < 1.29 is 18.4 Å². The summed E-state index contributed by atoms with van der Waals surface area (Å²) in [6, 6.07) is 6.18. The number of rotatable bonds is 6. The number of hydrogen-bond donors (Lipinski definition) is 3. The van der Waals surface area contributed by atoms with Crippen LogP contribution in [0, 0.1) is 0 Å². The fraction of sp³-hybridized carbons (Fsp3) is 0.182. The summed E-state index contributed by atoms with van der Waals surface area (Å²) in [6.45, 7) is 1.91. The molecule has 1 heterocycles. The Bertz CT molecular complexity index is 684. The Morgan fingerprint density at radius 2 is 2.25 bits per heavy atom. The van der Waals surface area contributed by atoms with Gasteiger partial charge in [-0.3, -0.25) is 4.84 Å². The molecule has 9 heteroatoms. The van der Waals surface area contributed by atoms with Crippen LogP contribution in [-0.4, -0.2) is 25.1 Å². The van der Waals surface area contributed by atoms with Crippen molar-refractivity contribution in [3.05, 3.63) is 29.6 Å². The molecule has 0 spiro atoms. The van der Waals surface area contributed by atoms with Gasteiger partial charge in [0.05, 0.1) is 16.9 Å². The summed E-state index contributed by atoms with van der Waals surface area (Å²) in [6.07, 6.45) is 0. The maximum Gasteiger partial charge on any atom is 0.262 e. The maximum absolute atomic E-state index is 11.9. The predicted molar refractivity (Wildman–Crippen MR) is 75.5 cm³/mol. The van der Waals surface area contributed by atoms with Crippen LogP contribution in [0.15, 0.2) is 34.5 Å². The van der Waals surface area contributed by atoms with Gasteiger partial charge in [0.2, 0.25) is 5.88 Å². The zero-order valence-electron chi connectivity index (χ0n) is 10.5. The molecule has 0 bridgehead atoms. The van der Waals surface area contributed by atoms with Gasteiger partial charge in [-0.05, 0) is 25.1 Å². The van der Waals surface area contributed by atoms with E-state index in [9.17, 15) is 8.42 Å². The fourth-order valence-electron chi connectivity index (χ4n) is 1.37. The summed E-state index contributed by atoms with van der Waals surface area (Å²) in [5.41, 5.74) is 0.540. The van der Waals surface area contributed by atoms with Crippen molar-refractivity contribution in [1.82, 2.24) is 9.87 Å². The van der Waals surface area contributed by atoms with Gasteiger partial charge in [-0.25, -0.2) is 8.42 Å². The molecule has 0 aliphatic heterocycles. The molecule has 108 valence electrons. The molecule has 3 N–H and O–H groups in total. The Kier molecular flexibility index (Phi) is 4.55. The third-order valence-corrected chi connectivity index (χ3v) is 4.16. The van der Waals surface area contributed by atoms with E-state index in [4.69, 9.17) is 9.94 Å². The second-order valence-corrected chi connectivity index (χ2v) is 6.19. The zero-order chi connectivity index (χ0) is 14.6. The van der Waals surface area contributed by atoms with Gasteiger partial charge in [-0.2, -0.15) is 4.98 Å². The van der Waals surface area contributed by atoms with Crippen LogP contribution in [0.1, 0.15) is 6.92 Å². The second-order valence-electron chi connectivity index (χ2n) is 3.68. The molecule has 0 fully saturated rings. The fourth-order valence-corrected chi connectivity index (χ4v) is 2.87. The van der Waals surface area contributed by atoms with Gasteiger partial charge in [0.25, 0.3) is 10.0 Å². The third kappa shape index (κ3) is 3.67. The number of sulfonamides is 1. The maximum atomic E-state index is 11.9. The van der Waals surface area contributed by atoms with Gasteiger partial charge in [-0.1, -0.05) is 11.0 Å². The number of benzene rings is 1. The number of nitrogens with zero attached hydrogens (tertiary/aromatic N) is 1. The summed E-state index contributed by atoms with van der Waals surface area (Å²) in [5, 5.41) is 14.0. The lowest BCUT2D eigenvalue weighted by Crippen LogP contribution is -2.24. The van der Waals surface area contributed by atoms with Crippen molar-refractivity contribution in [2.24, 2.45) is 0 Å². The molecule has 0 atom stereocenters. The average Bonchev–Trinajstić information content (AvgIpc) is 2.82. The number of aromatic nitrogens is 1. The van der Waals surface area contributed by atoms with Crippen LogP contribution < -0.4 is 10.2 Å². The Labute approximate surface area is 120 Å². The molecule has 20 heavy (non-hydrogen) atoms. The van der Waals surface area contributed by atoms with E-state index >= 15 is 0 Å². The lowest BCUT2D eigenvalue weighted by Gasteiger charge is -2.08. The number of anilines is 2. The van der Waals surface area contributed by atoms with Crippen LogP contribution in [0.2, 0.25) is 0 Å². The van der Waals surface area contributed by atoms with E-state index in [-0.39, 0.29) is 17.4 Å². The molecule has 0 saturated heterocycles. The van der Waals surface area contributed by atoms with Crippen LogP contribution >= 0.6 is 11.3 Å². The highest BCUT2D eigenvalue weighted by atomic mass is 32.2. The van der Waals surface area contributed by atoms with E-state index < -0.39 is 10.0 Å². The molecular weight excluding hydrogens is 302 g/mol. The first-order valence-electron chi connectivity index (χ1n) is 5.66. The first-order chi connectivity index (χ1) is 9.51. The topological polar surface area (TPSA) is 101 Å². The van der Waals surface area contributed by atoms with Crippen molar-refractivity contribution in [2.45, 2.75) is 11.8 Å². The van der Waals surface area contributed by atoms with Gasteiger partial charge in [0, 0.05) is 5.69 Å². The normalized spacial score (nSPS) is 11.4. The molecule has 7 nitrogen and oxygen atoms in total. The van der Waals surface area contributed by atoms with Crippen molar-refractivity contribution in [2.75, 3.05) is 11.9 Å². The second kappa shape index (κ2) is 6.18. The Balaban J connectivity index is 2.19. The quantitative estimate of drug-likeness (QED) is 0.703. The monoisotopic (exact) mass is 315 g/mol. The molecule has 2 rings (SSSR count). The first-order valence-corrected chi connectivity index (χ1v) is 8.02. The van der Waals surface area contributed by atoms with Crippen LogP contribution in [0.5, 0.6) is 5.88 Å². The molecule has 0 unspecified atom stereocenters. The molecule has 0 aliphatic rings. The smallest absolute Gasteiger partial charge is 0.262 e. The Hall–Kier alpha value is -1.68. The van der Waals surface area contributed by atoms with E-state index in [1.807, 2.05) is 4.89 Å². The highest BCUT2D eigenvalue weighted by Gasteiger charge is 2.14. The van der Waals surface area contributed by atoms with Crippen molar-refractivity contribution >= 4 is 32.2 Å². The van der Waals surface area contributed by atoms with Gasteiger partial charge in [0.1, 0.15) is 0 Å². The summed E-state index contributed by atoms with van der Waals surface area (Å²) < 4.78 is 23.8. The molecule has 0 saturated carbocycles. The molecule has 1 aromatic heterocycles. The van der Waals surface area contributed by atoms with E-state index in [2.05, 4.69) is 10.3 Å². The van der Waals surface area contributed by atoms with E-state index in [0.29, 0.717) is 10.8 Å². The lowest BCUT2D eigenvalue weighted by atomic mass is 10.3. The third-order valence-electron chi connectivity index (χ3n) is 2.20. The molecular formula is C11H13N3O4S2. The predicted octanol–water partition coefficient (Wildman–Crippen LogP) is 1.82. The zero-order valence-corrected chi connectivity index (χ0v) is 12.2. The minimum absolute atomic E-state index is 0.0664. The largest absolute Gasteiger partial charge is 0.493 e. The number of nitrogens with one attached hydrogen (secondary N) is 2. The average molecular weight is 315 g/mol. The van der Waals surface area contributed by atoms with Crippen LogP contribution in [0.4, 0.5) is 10.8 Å². The summed E-state index contributed by atoms with van der Waals surface area (Å²) >= 11 is 1.21. The highest BCUT2D eigenvalue weighted by molar-refractivity contribution is 7.89. The molecule has 0 radical (unpaired) electrons. The summed E-state index contributed by atoms with van der Waals surface area (Å²) in [4.78, 5) is 10.6. The van der Waals surface area contributed by atoms with Gasteiger partial charge in [0.15, 0.2) is 5.13 Å². The standard InChI is InChI=1S/C11H13N3O4S2/c1-2-18-14-20(16,17)9-5-3-4-8(6-9)12-11-13-10(15)7-19-11/h3-7,14-15H,2H2,1H3,(H,12,13). The van der Waals surface area contributed by atoms with E-state index in [1.165, 1.54) is 28.8 Å². The van der Waals surface area contributed by atoms with Crippen LogP contribution in [0.3, 0.4) is 0 Å². The summed E-state index contributed by atoms with van der Waals surface area (Å²) in [7, 11) is -3.71. The molecule has 2 aromatic rings. The lowest BCUT2D eigenvalue weighted by molar-refractivity contribution is 0.105. The molecule has 0 amide bonds. The number of thiazole rings is 1. The highest BCUT2D eigenvalue weighted by Crippen LogP contribution is 2.25. The van der Waals surface area contributed by atoms with Crippen LogP contribution in [0.25, 0.3) is 0 Å². The van der Waals surface area contributed by atoms with E-state index in [1.54, 1.807) is 19.1 Å². The SMILES string of the molecule is CCONS(=O)(=O)c1cccc(Nc2nc(O)cs2)c1. The molecule has 1 aromatic carbocycles. The van der Waals surface area contributed by atoms with Crippen molar-refractivity contribution in [3.63, 3.8) is 0 Å². The Morgan fingerprint density at radius 3 is 2.90 bits per heavy atom.